The van der Waals surface area contributed by atoms with Crippen molar-refractivity contribution in [1.82, 2.24) is 9.97 Å². The van der Waals surface area contributed by atoms with Gasteiger partial charge in [0.15, 0.2) is 0 Å². The van der Waals surface area contributed by atoms with E-state index >= 15 is 0 Å². The zero-order valence-electron chi connectivity index (χ0n) is 10.5. The van der Waals surface area contributed by atoms with Crippen LogP contribution >= 0.6 is 0 Å². The molecule has 1 aliphatic heterocycles. The zero-order valence-corrected chi connectivity index (χ0v) is 10.5. The molecule has 0 radical (unpaired) electrons. The molecule has 0 spiro atoms. The Morgan fingerprint density at radius 3 is 3.16 bits per heavy atom. The molecule has 0 saturated carbocycles. The molecule has 19 heavy (non-hydrogen) atoms. The predicted octanol–water partition coefficient (Wildman–Crippen LogP) is 0.409. The molecule has 100 valence electrons. The topological polar surface area (TPSA) is 84.5 Å². The summed E-state index contributed by atoms with van der Waals surface area (Å²) in [5.41, 5.74) is 7.26. The molecule has 1 atom stereocenters. The number of nitrogens with two attached hydrogens (primary N) is 1. The quantitative estimate of drug-likeness (QED) is 0.761. The molecule has 0 aliphatic carbocycles. The van der Waals surface area contributed by atoms with Gasteiger partial charge in [0.05, 0.1) is 31.4 Å². The van der Waals surface area contributed by atoms with Crippen LogP contribution in [-0.4, -0.2) is 47.5 Å². The second-order valence-corrected chi connectivity index (χ2v) is 4.58. The number of aliphatic hydroxyl groups is 1. The van der Waals surface area contributed by atoms with E-state index in [1.165, 1.54) is 6.33 Å². The number of ether oxygens (including phenoxy) is 1. The first-order chi connectivity index (χ1) is 9.29. The summed E-state index contributed by atoms with van der Waals surface area (Å²) >= 11 is 0. The molecular formula is C13H16N4O2. The average Bonchev–Trinajstić information content (AvgIpc) is 2.46. The number of fused-ring (bicyclic) bond motifs is 1. The van der Waals surface area contributed by atoms with Gasteiger partial charge in [-0.3, -0.25) is 0 Å². The van der Waals surface area contributed by atoms with Crippen molar-refractivity contribution in [2.75, 3.05) is 37.0 Å². The molecule has 0 amide bonds. The van der Waals surface area contributed by atoms with Crippen molar-refractivity contribution in [3.63, 3.8) is 0 Å². The minimum Gasteiger partial charge on any atom is -0.399 e. The predicted molar refractivity (Wildman–Crippen MR) is 73.0 cm³/mol. The van der Waals surface area contributed by atoms with Gasteiger partial charge in [0.25, 0.3) is 0 Å². The summed E-state index contributed by atoms with van der Waals surface area (Å²) in [6, 6.07) is 5.52. The monoisotopic (exact) mass is 260 g/mol. The Morgan fingerprint density at radius 1 is 1.42 bits per heavy atom. The van der Waals surface area contributed by atoms with Crippen LogP contribution in [0.25, 0.3) is 10.9 Å². The highest BCUT2D eigenvalue weighted by Crippen LogP contribution is 2.26. The van der Waals surface area contributed by atoms with E-state index in [4.69, 9.17) is 10.5 Å². The molecule has 3 rings (SSSR count). The van der Waals surface area contributed by atoms with Gasteiger partial charge in [-0.1, -0.05) is 0 Å². The first kappa shape index (κ1) is 12.1. The van der Waals surface area contributed by atoms with Crippen LogP contribution < -0.4 is 10.6 Å². The number of benzene rings is 1. The third-order valence-electron chi connectivity index (χ3n) is 3.35. The normalized spacial score (nSPS) is 19.8. The molecule has 1 unspecified atom stereocenters. The molecule has 6 nitrogen and oxygen atoms in total. The van der Waals surface area contributed by atoms with Gasteiger partial charge in [-0.25, -0.2) is 9.97 Å². The van der Waals surface area contributed by atoms with E-state index < -0.39 is 0 Å². The lowest BCUT2D eigenvalue weighted by atomic mass is 10.1. The van der Waals surface area contributed by atoms with Gasteiger partial charge in [-0.15, -0.1) is 0 Å². The minimum absolute atomic E-state index is 0.0421. The summed E-state index contributed by atoms with van der Waals surface area (Å²) in [5.74, 6) is 0.826. The lowest BCUT2D eigenvalue weighted by Gasteiger charge is -2.35. The van der Waals surface area contributed by atoms with Crippen molar-refractivity contribution in [3.8, 4) is 0 Å². The summed E-state index contributed by atoms with van der Waals surface area (Å²) in [5, 5.41) is 10.4. The highest BCUT2D eigenvalue weighted by Gasteiger charge is 2.25. The third-order valence-corrected chi connectivity index (χ3v) is 3.35. The minimum atomic E-state index is -0.0654. The first-order valence-corrected chi connectivity index (χ1v) is 6.25. The van der Waals surface area contributed by atoms with Crippen LogP contribution in [0.3, 0.4) is 0 Å². The standard InChI is InChI=1S/C13H16N4O2/c14-9-1-2-11-12(5-9)15-8-16-13(11)17-3-4-19-7-10(17)6-18/h1-2,5,8,10,18H,3-4,6-7,14H2. The van der Waals surface area contributed by atoms with Crippen molar-refractivity contribution in [1.29, 1.82) is 0 Å². The molecule has 2 heterocycles. The largest absolute Gasteiger partial charge is 0.399 e. The number of hydrogen-bond acceptors (Lipinski definition) is 6. The number of nitrogen functional groups attached to an aromatic ring is 1. The smallest absolute Gasteiger partial charge is 0.140 e. The molecule has 3 N–H and O–H groups in total. The summed E-state index contributed by atoms with van der Waals surface area (Å²) in [4.78, 5) is 10.7. The maximum Gasteiger partial charge on any atom is 0.140 e. The van der Waals surface area contributed by atoms with E-state index in [0.29, 0.717) is 25.4 Å². The van der Waals surface area contributed by atoms with E-state index in [0.717, 1.165) is 16.7 Å². The fourth-order valence-corrected chi connectivity index (χ4v) is 2.37. The second kappa shape index (κ2) is 4.99. The lowest BCUT2D eigenvalue weighted by Crippen LogP contribution is -2.48. The maximum atomic E-state index is 9.45. The summed E-state index contributed by atoms with van der Waals surface area (Å²) in [6.07, 6.45) is 1.53. The Hall–Kier alpha value is -1.92. The fourth-order valence-electron chi connectivity index (χ4n) is 2.37. The molecule has 2 aromatic rings. The number of nitrogens with zero attached hydrogens (tertiary/aromatic N) is 3. The Labute approximate surface area is 110 Å². The Kier molecular flexibility index (Phi) is 3.18. The summed E-state index contributed by atoms with van der Waals surface area (Å²) in [7, 11) is 0. The van der Waals surface area contributed by atoms with Crippen LogP contribution in [-0.2, 0) is 4.74 Å². The summed E-state index contributed by atoms with van der Waals surface area (Å²) < 4.78 is 5.39. The number of anilines is 2. The molecule has 0 bridgehead atoms. The van der Waals surface area contributed by atoms with E-state index in [1.54, 1.807) is 0 Å². The number of morpholine rings is 1. The molecule has 1 aromatic carbocycles. The van der Waals surface area contributed by atoms with Crippen molar-refractivity contribution >= 4 is 22.4 Å². The van der Waals surface area contributed by atoms with Crippen molar-refractivity contribution < 1.29 is 9.84 Å². The van der Waals surface area contributed by atoms with Crippen LogP contribution in [0, 0.1) is 0 Å². The van der Waals surface area contributed by atoms with Crippen LogP contribution in [0.5, 0.6) is 0 Å². The van der Waals surface area contributed by atoms with Gasteiger partial charge in [-0.2, -0.15) is 0 Å². The van der Waals surface area contributed by atoms with Gasteiger partial charge >= 0.3 is 0 Å². The first-order valence-electron chi connectivity index (χ1n) is 6.25. The molecule has 1 fully saturated rings. The second-order valence-electron chi connectivity index (χ2n) is 4.58. The highest BCUT2D eigenvalue weighted by molar-refractivity contribution is 5.91. The fraction of sp³-hybridized carbons (Fsp3) is 0.385. The Morgan fingerprint density at radius 2 is 2.32 bits per heavy atom. The van der Waals surface area contributed by atoms with E-state index in [9.17, 15) is 5.11 Å². The van der Waals surface area contributed by atoms with Crippen molar-refractivity contribution in [3.05, 3.63) is 24.5 Å². The van der Waals surface area contributed by atoms with E-state index in [-0.39, 0.29) is 12.6 Å². The molecule has 1 saturated heterocycles. The van der Waals surface area contributed by atoms with Gasteiger partial charge in [0.2, 0.25) is 0 Å². The van der Waals surface area contributed by atoms with Crippen molar-refractivity contribution in [2.45, 2.75) is 6.04 Å². The number of hydrogen-bond donors (Lipinski definition) is 2. The highest BCUT2D eigenvalue weighted by atomic mass is 16.5. The zero-order chi connectivity index (χ0) is 13.2. The van der Waals surface area contributed by atoms with Crippen LogP contribution in [0.4, 0.5) is 11.5 Å². The lowest BCUT2D eigenvalue weighted by molar-refractivity contribution is 0.0724. The SMILES string of the molecule is Nc1ccc2c(N3CCOCC3CO)ncnc2c1. The van der Waals surface area contributed by atoms with Crippen molar-refractivity contribution in [2.24, 2.45) is 0 Å². The van der Waals surface area contributed by atoms with E-state index in [1.807, 2.05) is 18.2 Å². The third kappa shape index (κ3) is 2.20. The van der Waals surface area contributed by atoms with Crippen LogP contribution in [0.1, 0.15) is 0 Å². The van der Waals surface area contributed by atoms with Gasteiger partial charge < -0.3 is 20.5 Å². The van der Waals surface area contributed by atoms with Crippen LogP contribution in [0.2, 0.25) is 0 Å². The molecule has 1 aromatic heterocycles. The molecule has 1 aliphatic rings. The number of aliphatic hydroxyl groups excluding tert-OH is 1. The summed E-state index contributed by atoms with van der Waals surface area (Å²) in [6.45, 7) is 1.90. The molecular weight excluding hydrogens is 244 g/mol. The number of rotatable bonds is 2. The molecule has 6 heteroatoms. The van der Waals surface area contributed by atoms with E-state index in [2.05, 4.69) is 14.9 Å². The number of aromatic nitrogens is 2. The maximum absolute atomic E-state index is 9.45. The van der Waals surface area contributed by atoms with Gasteiger partial charge in [0.1, 0.15) is 12.1 Å². The Bertz CT molecular complexity index is 590. The van der Waals surface area contributed by atoms with Gasteiger partial charge in [0, 0.05) is 17.6 Å². The van der Waals surface area contributed by atoms with Crippen LogP contribution in [0.15, 0.2) is 24.5 Å². The van der Waals surface area contributed by atoms with Gasteiger partial charge in [-0.05, 0) is 18.2 Å². The Balaban J connectivity index is 2.08. The average molecular weight is 260 g/mol.